The van der Waals surface area contributed by atoms with Crippen molar-refractivity contribution in [2.75, 3.05) is 16.6 Å². The molecule has 158 valence electrons. The Labute approximate surface area is 174 Å². The summed E-state index contributed by atoms with van der Waals surface area (Å²) in [7, 11) is -3.48. The number of hydrogen-bond acceptors (Lipinski definition) is 7. The predicted molar refractivity (Wildman–Crippen MR) is 113 cm³/mol. The molecular formula is C20H24N6O3S. The number of anilines is 1. The van der Waals surface area contributed by atoms with Gasteiger partial charge >= 0.3 is 0 Å². The summed E-state index contributed by atoms with van der Waals surface area (Å²) in [4.78, 5) is 12.0. The van der Waals surface area contributed by atoms with Gasteiger partial charge in [0.25, 0.3) is 0 Å². The number of H-pyrrole nitrogens is 1. The minimum atomic E-state index is -3.48. The highest BCUT2D eigenvalue weighted by atomic mass is 32.2. The average Bonchev–Trinajstić information content (AvgIpc) is 3.41. The minimum absolute atomic E-state index is 0.0838. The zero-order chi connectivity index (χ0) is 20.7. The maximum Gasteiger partial charge on any atom is 0.236 e. The average molecular weight is 429 g/mol. The number of nitrogens with zero attached hydrogens (tertiary/aromatic N) is 5. The molecule has 5 rings (SSSR count). The summed E-state index contributed by atoms with van der Waals surface area (Å²) < 4.78 is 26.8. The molecule has 0 unspecified atom stereocenters. The van der Waals surface area contributed by atoms with Gasteiger partial charge in [-0.3, -0.25) is 9.29 Å². The summed E-state index contributed by atoms with van der Waals surface area (Å²) in [5.74, 6) is 1.90. The van der Waals surface area contributed by atoms with Crippen LogP contribution in [0.25, 0.3) is 22.4 Å². The first-order valence-electron chi connectivity index (χ1n) is 10.4. The standard InChI is InChI=1S/C20H24N6O3S/c27-18-16-14(8-5-9-21-16)20(26-10-3-4-11-30(26,28)29)23-17(18)19-22-15(24-25-19)12-13-6-1-2-7-13/h5,8-9,13,27H,1-4,6-7,10-12H2,(H,22,24,25). The van der Waals surface area contributed by atoms with Crippen LogP contribution in [-0.2, 0) is 16.4 Å². The molecule has 9 nitrogen and oxygen atoms in total. The molecule has 1 saturated carbocycles. The van der Waals surface area contributed by atoms with Crippen LogP contribution in [0.4, 0.5) is 5.82 Å². The first-order chi connectivity index (χ1) is 14.5. The van der Waals surface area contributed by atoms with Crippen LogP contribution in [0.2, 0.25) is 0 Å². The van der Waals surface area contributed by atoms with E-state index < -0.39 is 10.0 Å². The lowest BCUT2D eigenvalue weighted by molar-refractivity contribution is 0.479. The van der Waals surface area contributed by atoms with Gasteiger partial charge < -0.3 is 10.1 Å². The highest BCUT2D eigenvalue weighted by Crippen LogP contribution is 2.38. The largest absolute Gasteiger partial charge is 0.504 e. The lowest BCUT2D eigenvalue weighted by atomic mass is 10.0. The van der Waals surface area contributed by atoms with E-state index in [9.17, 15) is 13.5 Å². The molecule has 0 amide bonds. The number of fused-ring (bicyclic) bond motifs is 1. The van der Waals surface area contributed by atoms with Crippen LogP contribution in [-0.4, -0.2) is 51.0 Å². The molecule has 0 atom stereocenters. The first-order valence-corrected chi connectivity index (χ1v) is 12.0. The number of sulfonamides is 1. The van der Waals surface area contributed by atoms with Crippen molar-refractivity contribution in [2.24, 2.45) is 5.92 Å². The van der Waals surface area contributed by atoms with Crippen LogP contribution < -0.4 is 4.31 Å². The topological polar surface area (TPSA) is 125 Å². The predicted octanol–water partition coefficient (Wildman–Crippen LogP) is 2.78. The molecule has 3 aromatic heterocycles. The highest BCUT2D eigenvalue weighted by Gasteiger charge is 2.31. The maximum atomic E-state index is 12.7. The van der Waals surface area contributed by atoms with Gasteiger partial charge in [0.05, 0.1) is 5.75 Å². The SMILES string of the molecule is O=S1(=O)CCCCN1c1nc(-c2nnc(CC3CCCC3)[nH]2)c(O)c2ncccc12. The third-order valence-electron chi connectivity index (χ3n) is 6.01. The lowest BCUT2D eigenvalue weighted by Crippen LogP contribution is -2.38. The van der Waals surface area contributed by atoms with Gasteiger partial charge in [0.2, 0.25) is 10.0 Å². The maximum absolute atomic E-state index is 12.7. The molecule has 1 aliphatic heterocycles. The summed E-state index contributed by atoms with van der Waals surface area (Å²) in [6.45, 7) is 0.354. The molecule has 2 N–H and O–H groups in total. The summed E-state index contributed by atoms with van der Waals surface area (Å²) >= 11 is 0. The first kappa shape index (κ1) is 19.2. The molecule has 30 heavy (non-hydrogen) atoms. The zero-order valence-corrected chi connectivity index (χ0v) is 17.4. The molecule has 10 heteroatoms. The molecule has 4 heterocycles. The van der Waals surface area contributed by atoms with Gasteiger partial charge in [0, 0.05) is 24.5 Å². The number of aromatic nitrogens is 5. The summed E-state index contributed by atoms with van der Waals surface area (Å²) in [5.41, 5.74) is 0.467. The third-order valence-corrected chi connectivity index (χ3v) is 7.85. The smallest absolute Gasteiger partial charge is 0.236 e. The molecule has 1 saturated heterocycles. The Morgan fingerprint density at radius 2 is 2.00 bits per heavy atom. The van der Waals surface area contributed by atoms with Gasteiger partial charge in [-0.05, 0) is 30.9 Å². The molecule has 3 aromatic rings. The van der Waals surface area contributed by atoms with Crippen LogP contribution in [0.15, 0.2) is 18.3 Å². The van der Waals surface area contributed by atoms with Crippen LogP contribution >= 0.6 is 0 Å². The van der Waals surface area contributed by atoms with Gasteiger partial charge in [-0.1, -0.05) is 25.7 Å². The van der Waals surface area contributed by atoms with Gasteiger partial charge in [0.15, 0.2) is 23.1 Å². The summed E-state index contributed by atoms with van der Waals surface area (Å²) in [6.07, 6.45) is 8.64. The Bertz CT molecular complexity index is 1190. The van der Waals surface area contributed by atoms with Crippen LogP contribution in [0.5, 0.6) is 5.75 Å². The number of pyridine rings is 2. The normalized spacial score (nSPS) is 19.5. The number of nitrogens with one attached hydrogen (secondary N) is 1. The Hall–Kier alpha value is -2.75. The number of hydrogen-bond donors (Lipinski definition) is 2. The van der Waals surface area contributed by atoms with E-state index >= 15 is 0 Å². The van der Waals surface area contributed by atoms with Crippen LogP contribution in [0.3, 0.4) is 0 Å². The fourth-order valence-electron chi connectivity index (χ4n) is 4.47. The van der Waals surface area contributed by atoms with E-state index in [1.807, 2.05) is 0 Å². The van der Waals surface area contributed by atoms with E-state index in [4.69, 9.17) is 0 Å². The Morgan fingerprint density at radius 1 is 1.17 bits per heavy atom. The van der Waals surface area contributed by atoms with E-state index in [0.717, 1.165) is 18.7 Å². The molecule has 0 spiro atoms. The Morgan fingerprint density at radius 3 is 2.80 bits per heavy atom. The van der Waals surface area contributed by atoms with Crippen molar-refractivity contribution in [1.29, 1.82) is 0 Å². The second-order valence-corrected chi connectivity index (χ2v) is 10.1. The van der Waals surface area contributed by atoms with E-state index in [2.05, 4.69) is 25.1 Å². The van der Waals surface area contributed by atoms with Gasteiger partial charge in [-0.15, -0.1) is 10.2 Å². The summed E-state index contributed by atoms with van der Waals surface area (Å²) in [5, 5.41) is 19.8. The Kier molecular flexibility index (Phi) is 4.80. The lowest BCUT2D eigenvalue weighted by Gasteiger charge is -2.28. The van der Waals surface area contributed by atoms with Gasteiger partial charge in [-0.2, -0.15) is 0 Å². The van der Waals surface area contributed by atoms with Crippen molar-refractivity contribution in [3.8, 4) is 17.3 Å². The molecule has 2 aliphatic rings. The molecule has 0 aromatic carbocycles. The zero-order valence-electron chi connectivity index (χ0n) is 16.6. The van der Waals surface area contributed by atoms with E-state index in [0.29, 0.717) is 35.6 Å². The number of aromatic hydroxyl groups is 1. The van der Waals surface area contributed by atoms with Gasteiger partial charge in [0.1, 0.15) is 11.3 Å². The van der Waals surface area contributed by atoms with Crippen molar-refractivity contribution in [3.63, 3.8) is 0 Å². The van der Waals surface area contributed by atoms with E-state index in [1.54, 1.807) is 18.3 Å². The number of aromatic amines is 1. The fourth-order valence-corrected chi connectivity index (χ4v) is 6.07. The molecule has 1 aliphatic carbocycles. The van der Waals surface area contributed by atoms with Crippen molar-refractivity contribution in [3.05, 3.63) is 24.2 Å². The van der Waals surface area contributed by atoms with Crippen LogP contribution in [0, 0.1) is 5.92 Å². The quantitative estimate of drug-likeness (QED) is 0.654. The second kappa shape index (κ2) is 7.50. The molecule has 0 radical (unpaired) electrons. The summed E-state index contributed by atoms with van der Waals surface area (Å²) in [6, 6.07) is 3.43. The van der Waals surface area contributed by atoms with E-state index in [-0.39, 0.29) is 23.0 Å². The molecule has 2 fully saturated rings. The van der Waals surface area contributed by atoms with Crippen molar-refractivity contribution >= 4 is 26.7 Å². The fraction of sp³-hybridized carbons (Fsp3) is 0.500. The van der Waals surface area contributed by atoms with Gasteiger partial charge in [-0.25, -0.2) is 13.4 Å². The van der Waals surface area contributed by atoms with Crippen molar-refractivity contribution in [1.82, 2.24) is 25.1 Å². The second-order valence-electron chi connectivity index (χ2n) is 8.10. The molecule has 0 bridgehead atoms. The molecular weight excluding hydrogens is 404 g/mol. The number of rotatable bonds is 4. The van der Waals surface area contributed by atoms with Crippen molar-refractivity contribution < 1.29 is 13.5 Å². The van der Waals surface area contributed by atoms with Crippen molar-refractivity contribution in [2.45, 2.75) is 44.9 Å². The Balaban J connectivity index is 1.61. The highest BCUT2D eigenvalue weighted by molar-refractivity contribution is 7.92. The monoisotopic (exact) mass is 428 g/mol. The van der Waals surface area contributed by atoms with Crippen LogP contribution in [0.1, 0.15) is 44.3 Å². The third kappa shape index (κ3) is 3.38. The van der Waals surface area contributed by atoms with E-state index in [1.165, 1.54) is 30.0 Å². The minimum Gasteiger partial charge on any atom is -0.504 e.